The van der Waals surface area contributed by atoms with Crippen molar-refractivity contribution in [2.45, 2.75) is 6.61 Å². The summed E-state index contributed by atoms with van der Waals surface area (Å²) in [7, 11) is 0. The predicted molar refractivity (Wildman–Crippen MR) is 54.0 cm³/mol. The molecule has 0 bridgehead atoms. The summed E-state index contributed by atoms with van der Waals surface area (Å²) >= 11 is 0. The van der Waals surface area contributed by atoms with Gasteiger partial charge in [0.05, 0.1) is 19.3 Å². The second kappa shape index (κ2) is 5.79. The minimum Gasteiger partial charge on any atom is -0.400 e. The molecule has 0 unspecified atom stereocenters. The number of nitriles is 1. The molecule has 0 aliphatic heterocycles. The standard InChI is InChI=1S/C11H12N2O/c12-7-6-11(13)9-14-8-10-4-2-1-3-5-10/h1-6H,8-9,13H2. The molecule has 0 heterocycles. The Labute approximate surface area is 83.4 Å². The molecule has 0 saturated heterocycles. The number of nitrogens with two attached hydrogens (primary N) is 1. The molecule has 0 atom stereocenters. The molecular weight excluding hydrogens is 176 g/mol. The Morgan fingerprint density at radius 3 is 2.79 bits per heavy atom. The van der Waals surface area contributed by atoms with Crippen LogP contribution in [0.25, 0.3) is 0 Å². The van der Waals surface area contributed by atoms with Gasteiger partial charge in [0.1, 0.15) is 0 Å². The van der Waals surface area contributed by atoms with E-state index in [9.17, 15) is 0 Å². The van der Waals surface area contributed by atoms with Crippen molar-refractivity contribution < 1.29 is 4.74 Å². The van der Waals surface area contributed by atoms with E-state index < -0.39 is 0 Å². The summed E-state index contributed by atoms with van der Waals surface area (Å²) in [5.74, 6) is 0. The van der Waals surface area contributed by atoms with Crippen LogP contribution in [0.2, 0.25) is 0 Å². The van der Waals surface area contributed by atoms with Gasteiger partial charge in [-0.15, -0.1) is 0 Å². The van der Waals surface area contributed by atoms with Gasteiger partial charge in [0.15, 0.2) is 0 Å². The fraction of sp³-hybridized carbons (Fsp3) is 0.182. The molecule has 0 spiro atoms. The molecular formula is C11H12N2O. The number of ether oxygens (including phenoxy) is 1. The average Bonchev–Trinajstić information content (AvgIpc) is 2.20. The minimum absolute atomic E-state index is 0.294. The lowest BCUT2D eigenvalue weighted by Gasteiger charge is -2.03. The molecule has 0 aliphatic carbocycles. The Kier molecular flexibility index (Phi) is 4.25. The largest absolute Gasteiger partial charge is 0.400 e. The number of allylic oxidation sites excluding steroid dienone is 1. The Hall–Kier alpha value is -1.79. The van der Waals surface area contributed by atoms with Crippen LogP contribution in [0.5, 0.6) is 0 Å². The molecule has 2 N–H and O–H groups in total. The second-order valence-electron chi connectivity index (χ2n) is 2.83. The monoisotopic (exact) mass is 188 g/mol. The van der Waals surface area contributed by atoms with E-state index >= 15 is 0 Å². The van der Waals surface area contributed by atoms with E-state index in [-0.39, 0.29) is 0 Å². The lowest BCUT2D eigenvalue weighted by Crippen LogP contribution is -2.06. The van der Waals surface area contributed by atoms with E-state index in [4.69, 9.17) is 15.7 Å². The molecule has 3 nitrogen and oxygen atoms in total. The Morgan fingerprint density at radius 2 is 2.14 bits per heavy atom. The van der Waals surface area contributed by atoms with Crippen molar-refractivity contribution in [1.29, 1.82) is 5.26 Å². The van der Waals surface area contributed by atoms with Crippen LogP contribution in [0, 0.1) is 11.3 Å². The van der Waals surface area contributed by atoms with Gasteiger partial charge in [-0.1, -0.05) is 30.3 Å². The van der Waals surface area contributed by atoms with Crippen LogP contribution in [0.1, 0.15) is 5.56 Å². The fourth-order valence-corrected chi connectivity index (χ4v) is 0.986. The minimum atomic E-state index is 0.294. The van der Waals surface area contributed by atoms with Crippen LogP contribution in [-0.2, 0) is 11.3 Å². The summed E-state index contributed by atoms with van der Waals surface area (Å²) in [6.45, 7) is 0.809. The van der Waals surface area contributed by atoms with Crippen LogP contribution in [0.4, 0.5) is 0 Å². The molecule has 0 saturated carbocycles. The first-order chi connectivity index (χ1) is 6.83. The summed E-state index contributed by atoms with van der Waals surface area (Å²) < 4.78 is 5.29. The van der Waals surface area contributed by atoms with Gasteiger partial charge in [0.2, 0.25) is 0 Å². The van der Waals surface area contributed by atoms with E-state index in [0.29, 0.717) is 18.9 Å². The van der Waals surface area contributed by atoms with Crippen molar-refractivity contribution in [3.05, 3.63) is 47.7 Å². The zero-order valence-corrected chi connectivity index (χ0v) is 7.81. The summed E-state index contributed by atoms with van der Waals surface area (Å²) in [6, 6.07) is 11.7. The van der Waals surface area contributed by atoms with Gasteiger partial charge >= 0.3 is 0 Å². The van der Waals surface area contributed by atoms with Gasteiger partial charge in [-0.3, -0.25) is 0 Å². The normalized spacial score (nSPS) is 10.9. The zero-order chi connectivity index (χ0) is 10.2. The van der Waals surface area contributed by atoms with Crippen LogP contribution < -0.4 is 5.73 Å². The molecule has 14 heavy (non-hydrogen) atoms. The smallest absolute Gasteiger partial charge is 0.0931 e. The third-order valence-corrected chi connectivity index (χ3v) is 1.63. The number of benzene rings is 1. The lowest BCUT2D eigenvalue weighted by molar-refractivity contribution is 0.142. The summed E-state index contributed by atoms with van der Waals surface area (Å²) in [5.41, 5.74) is 7.00. The number of hydrogen-bond acceptors (Lipinski definition) is 3. The van der Waals surface area contributed by atoms with Gasteiger partial charge < -0.3 is 10.5 Å². The molecule has 0 radical (unpaired) electrons. The van der Waals surface area contributed by atoms with Crippen LogP contribution in [0.3, 0.4) is 0 Å². The summed E-state index contributed by atoms with van der Waals surface area (Å²) in [6.07, 6.45) is 1.28. The third kappa shape index (κ3) is 3.74. The van der Waals surface area contributed by atoms with E-state index in [2.05, 4.69) is 0 Å². The summed E-state index contributed by atoms with van der Waals surface area (Å²) in [5, 5.41) is 8.29. The van der Waals surface area contributed by atoms with Gasteiger partial charge in [-0.25, -0.2) is 0 Å². The maximum atomic E-state index is 8.29. The molecule has 3 heteroatoms. The lowest BCUT2D eigenvalue weighted by atomic mass is 10.2. The van der Waals surface area contributed by atoms with Crippen molar-refractivity contribution in [2.75, 3.05) is 6.61 Å². The number of rotatable bonds is 4. The Bertz CT molecular complexity index is 338. The maximum absolute atomic E-state index is 8.29. The highest BCUT2D eigenvalue weighted by atomic mass is 16.5. The first kappa shape index (κ1) is 10.3. The highest BCUT2D eigenvalue weighted by molar-refractivity contribution is 5.14. The zero-order valence-electron chi connectivity index (χ0n) is 7.81. The van der Waals surface area contributed by atoms with Crippen molar-refractivity contribution in [1.82, 2.24) is 0 Å². The van der Waals surface area contributed by atoms with Crippen molar-refractivity contribution in [2.24, 2.45) is 5.73 Å². The molecule has 72 valence electrons. The highest BCUT2D eigenvalue weighted by Crippen LogP contribution is 2.00. The van der Waals surface area contributed by atoms with Crippen LogP contribution >= 0.6 is 0 Å². The average molecular weight is 188 g/mol. The molecule has 0 amide bonds. The first-order valence-electron chi connectivity index (χ1n) is 4.28. The third-order valence-electron chi connectivity index (χ3n) is 1.63. The van der Waals surface area contributed by atoms with E-state index in [1.807, 2.05) is 36.4 Å². The highest BCUT2D eigenvalue weighted by Gasteiger charge is 1.92. The molecule has 0 fully saturated rings. The SMILES string of the molecule is N#CC=C(N)COCc1ccccc1. The maximum Gasteiger partial charge on any atom is 0.0931 e. The van der Waals surface area contributed by atoms with E-state index in [0.717, 1.165) is 5.56 Å². The van der Waals surface area contributed by atoms with Gasteiger partial charge in [0, 0.05) is 11.8 Å². The van der Waals surface area contributed by atoms with Crippen LogP contribution in [-0.4, -0.2) is 6.61 Å². The molecule has 0 aliphatic rings. The van der Waals surface area contributed by atoms with Crippen molar-refractivity contribution in [3.63, 3.8) is 0 Å². The topological polar surface area (TPSA) is 59.0 Å². The predicted octanol–water partition coefficient (Wildman–Crippen LogP) is 1.57. The Balaban J connectivity index is 2.30. The molecule has 0 aromatic heterocycles. The van der Waals surface area contributed by atoms with Crippen molar-refractivity contribution in [3.8, 4) is 6.07 Å². The number of nitrogens with zero attached hydrogens (tertiary/aromatic N) is 1. The first-order valence-corrected chi connectivity index (χ1v) is 4.28. The van der Waals surface area contributed by atoms with Gasteiger partial charge in [0.25, 0.3) is 0 Å². The van der Waals surface area contributed by atoms with Crippen LogP contribution in [0.15, 0.2) is 42.1 Å². The Morgan fingerprint density at radius 1 is 1.43 bits per heavy atom. The quantitative estimate of drug-likeness (QED) is 0.729. The van der Waals surface area contributed by atoms with Crippen molar-refractivity contribution >= 4 is 0 Å². The van der Waals surface area contributed by atoms with E-state index in [1.54, 1.807) is 0 Å². The van der Waals surface area contributed by atoms with Gasteiger partial charge in [-0.05, 0) is 5.56 Å². The second-order valence-corrected chi connectivity index (χ2v) is 2.83. The van der Waals surface area contributed by atoms with E-state index in [1.165, 1.54) is 6.08 Å². The fourth-order valence-electron chi connectivity index (χ4n) is 0.986. The molecule has 1 aromatic rings. The molecule has 1 rings (SSSR count). The summed E-state index contributed by atoms with van der Waals surface area (Å²) in [4.78, 5) is 0. The van der Waals surface area contributed by atoms with Gasteiger partial charge in [-0.2, -0.15) is 5.26 Å². The number of hydrogen-bond donors (Lipinski definition) is 1. The molecule has 1 aromatic carbocycles.